The molecule has 0 saturated carbocycles. The maximum absolute atomic E-state index is 13.5. The van der Waals surface area contributed by atoms with Gasteiger partial charge in [-0.2, -0.15) is 18.4 Å². The van der Waals surface area contributed by atoms with Crippen molar-refractivity contribution in [1.29, 1.82) is 5.26 Å². The van der Waals surface area contributed by atoms with E-state index in [4.69, 9.17) is 4.74 Å². The lowest BCUT2D eigenvalue weighted by Gasteiger charge is -2.36. The molecule has 252 valence electrons. The number of carbonyl (C=O) groups is 1. The fourth-order valence-corrected chi connectivity index (χ4v) is 5.75. The maximum atomic E-state index is 13.5. The molecule has 3 aromatic carbocycles. The van der Waals surface area contributed by atoms with E-state index in [0.29, 0.717) is 27.7 Å². The van der Waals surface area contributed by atoms with Crippen LogP contribution in [0.2, 0.25) is 0 Å². The van der Waals surface area contributed by atoms with E-state index in [9.17, 15) is 41.0 Å². The van der Waals surface area contributed by atoms with Crippen LogP contribution in [0.15, 0.2) is 93.8 Å². The number of anilines is 2. The smallest absolute Gasteiger partial charge is 0.416 e. The van der Waals surface area contributed by atoms with Gasteiger partial charge in [0.05, 0.1) is 55.9 Å². The van der Waals surface area contributed by atoms with Crippen LogP contribution in [0.3, 0.4) is 0 Å². The summed E-state index contributed by atoms with van der Waals surface area (Å²) in [7, 11) is 2.80. The summed E-state index contributed by atoms with van der Waals surface area (Å²) in [5.41, 5.74) is 0.458. The molecule has 0 bridgehead atoms. The topological polar surface area (TPSA) is 161 Å². The summed E-state index contributed by atoms with van der Waals surface area (Å²) in [6.45, 7) is 2.01. The third kappa shape index (κ3) is 7.65. The number of hydrogen-bond donors (Lipinski definition) is 1. The Balaban J connectivity index is 0.000000445. The van der Waals surface area contributed by atoms with Crippen molar-refractivity contribution in [3.8, 4) is 6.07 Å². The normalized spacial score (nSPS) is 14.8. The van der Waals surface area contributed by atoms with Gasteiger partial charge in [-0.3, -0.25) is 4.90 Å². The van der Waals surface area contributed by atoms with Gasteiger partial charge in [-0.05, 0) is 55.0 Å². The van der Waals surface area contributed by atoms with Crippen LogP contribution < -0.4 is 10.6 Å². The minimum Gasteiger partial charge on any atom is -0.744 e. The summed E-state index contributed by atoms with van der Waals surface area (Å²) in [4.78, 5) is 27.5. The number of fused-ring (bicyclic) bond motifs is 1. The second-order valence-electron chi connectivity index (χ2n) is 11.7. The Labute approximate surface area is 274 Å². The van der Waals surface area contributed by atoms with Gasteiger partial charge >= 0.3 is 17.8 Å². The number of alkyl halides is 3. The van der Waals surface area contributed by atoms with E-state index in [1.165, 1.54) is 53.0 Å². The molecule has 1 aliphatic rings. The van der Waals surface area contributed by atoms with Crippen LogP contribution in [0.1, 0.15) is 35.2 Å². The zero-order valence-electron chi connectivity index (χ0n) is 26.4. The Morgan fingerprint density at radius 2 is 1.75 bits per heavy atom. The van der Waals surface area contributed by atoms with Gasteiger partial charge in [-0.25, -0.2) is 27.7 Å². The number of aromatic amines is 1. The third-order valence-electron chi connectivity index (χ3n) is 7.22. The minimum atomic E-state index is -4.61. The lowest BCUT2D eigenvalue weighted by molar-refractivity contribution is -0.884. The Morgan fingerprint density at radius 1 is 1.08 bits per heavy atom. The number of methoxy groups -OCH3 is 1. The summed E-state index contributed by atoms with van der Waals surface area (Å²) in [6.07, 6.45) is -4.61. The van der Waals surface area contributed by atoms with E-state index < -0.39 is 39.6 Å². The monoisotopic (exact) mass is 684 g/mol. The number of ether oxygens (including phenoxy) is 1. The van der Waals surface area contributed by atoms with Crippen molar-refractivity contribution in [2.24, 2.45) is 0 Å². The molecule has 0 radical (unpaired) electrons. The summed E-state index contributed by atoms with van der Waals surface area (Å²) in [5.74, 6) is -0.756. The molecular weight excluding hydrogens is 653 g/mol. The van der Waals surface area contributed by atoms with Crippen molar-refractivity contribution in [2.45, 2.75) is 30.6 Å². The van der Waals surface area contributed by atoms with Gasteiger partial charge < -0.3 is 13.8 Å². The lowest BCUT2D eigenvalue weighted by atomic mass is 9.89. The Kier molecular flexibility index (Phi) is 10.00. The Hall–Kier alpha value is -5.24. The molecule has 16 heteroatoms. The van der Waals surface area contributed by atoms with Crippen molar-refractivity contribution in [1.82, 2.24) is 14.8 Å². The highest BCUT2D eigenvalue weighted by molar-refractivity contribution is 7.85. The largest absolute Gasteiger partial charge is 0.744 e. The van der Waals surface area contributed by atoms with Gasteiger partial charge in [0.1, 0.15) is 22.7 Å². The predicted octanol–water partition coefficient (Wildman–Crippen LogP) is 4.45. The van der Waals surface area contributed by atoms with Crippen LogP contribution in [0, 0.1) is 11.3 Å². The molecule has 12 nitrogen and oxygen atoms in total. The van der Waals surface area contributed by atoms with E-state index >= 15 is 0 Å². The number of nitrogens with one attached hydrogen (secondary N) is 1. The predicted molar refractivity (Wildman–Crippen MR) is 167 cm³/mol. The number of nitrogens with zero attached hydrogens (tertiary/aromatic N) is 5. The summed E-state index contributed by atoms with van der Waals surface area (Å²) < 4.78 is 78.2. The Bertz CT molecular complexity index is 2080. The average Bonchev–Trinajstić information content (AvgIpc) is 3.39. The van der Waals surface area contributed by atoms with E-state index in [-0.39, 0.29) is 27.8 Å². The standard InChI is InChI=1S/C26H25F3N6O3.C6H6O3S/c1-15-21(23(36)38-5)22(20-10-9-16(13-30)11-17(20)14-35(2,3)4)34-24(31-32-25(34)37)33(15)19-8-6-7-18(12-19)26(27,28)29;7-10(8,9)6-4-2-1-3-5-6/h6-12,22H,14H2,1-5H3;1-5H,(H,7,8,9). The van der Waals surface area contributed by atoms with E-state index in [1.54, 1.807) is 31.2 Å². The SMILES string of the molecule is COC(=O)C1=C(C)N(c2cccc(C(F)(F)F)c2)c2n[nH]c(=O)n2C1c1ccc(C#N)cc1C[N+](C)(C)C.O=S(=O)([O-])c1ccccc1. The average molecular weight is 685 g/mol. The van der Waals surface area contributed by atoms with E-state index in [2.05, 4.69) is 16.3 Å². The molecule has 1 N–H and O–H groups in total. The van der Waals surface area contributed by atoms with Gasteiger partial charge in [0.15, 0.2) is 0 Å². The number of carbonyl (C=O) groups excluding carboxylic acids is 1. The number of nitriles is 1. The molecule has 1 aliphatic heterocycles. The number of esters is 1. The number of quaternary nitrogens is 1. The second-order valence-corrected chi connectivity index (χ2v) is 13.1. The number of allylic oxidation sites excluding steroid dienone is 1. The first kappa shape index (κ1) is 35.6. The van der Waals surface area contributed by atoms with E-state index in [0.717, 1.165) is 12.1 Å². The highest BCUT2D eigenvalue weighted by atomic mass is 32.2. The quantitative estimate of drug-likeness (QED) is 0.176. The van der Waals surface area contributed by atoms with Crippen LogP contribution in [-0.4, -0.2) is 66.4 Å². The maximum Gasteiger partial charge on any atom is 0.416 e. The van der Waals surface area contributed by atoms with Crippen LogP contribution in [0.4, 0.5) is 24.8 Å². The van der Waals surface area contributed by atoms with Gasteiger partial charge in [0, 0.05) is 16.9 Å². The number of benzene rings is 3. The molecule has 0 spiro atoms. The molecule has 0 saturated heterocycles. The number of H-pyrrole nitrogens is 1. The molecule has 5 rings (SSSR count). The van der Waals surface area contributed by atoms with Crippen LogP contribution in [-0.2, 0) is 32.4 Å². The molecule has 1 aromatic heterocycles. The van der Waals surface area contributed by atoms with Crippen LogP contribution >= 0.6 is 0 Å². The van der Waals surface area contributed by atoms with Gasteiger partial charge in [0.2, 0.25) is 5.95 Å². The number of halogens is 3. The molecule has 1 atom stereocenters. The highest BCUT2D eigenvalue weighted by Gasteiger charge is 2.41. The number of hydrogen-bond acceptors (Lipinski definition) is 9. The van der Waals surface area contributed by atoms with Crippen molar-refractivity contribution in [3.05, 3.63) is 117 Å². The Morgan fingerprint density at radius 3 is 2.29 bits per heavy atom. The fourth-order valence-electron chi connectivity index (χ4n) is 5.26. The molecule has 0 fully saturated rings. The first-order chi connectivity index (χ1) is 22.4. The molecule has 0 amide bonds. The third-order valence-corrected chi connectivity index (χ3v) is 8.07. The minimum absolute atomic E-state index is 0.00466. The zero-order valence-corrected chi connectivity index (χ0v) is 27.3. The van der Waals surface area contributed by atoms with Crippen LogP contribution in [0.25, 0.3) is 0 Å². The van der Waals surface area contributed by atoms with Crippen LogP contribution in [0.5, 0.6) is 0 Å². The summed E-state index contributed by atoms with van der Waals surface area (Å²) in [6, 6.07) is 17.8. The second kappa shape index (κ2) is 13.5. The fraction of sp³-hybridized carbons (Fsp3) is 0.250. The molecule has 48 heavy (non-hydrogen) atoms. The first-order valence-electron chi connectivity index (χ1n) is 14.1. The molecule has 4 aromatic rings. The van der Waals surface area contributed by atoms with Crippen molar-refractivity contribution >= 4 is 27.7 Å². The van der Waals surface area contributed by atoms with Crippen molar-refractivity contribution < 1.29 is 40.2 Å². The highest BCUT2D eigenvalue weighted by Crippen LogP contribution is 2.43. The zero-order chi connectivity index (χ0) is 35.6. The summed E-state index contributed by atoms with van der Waals surface area (Å²) in [5, 5.41) is 16.0. The molecular formula is C32H31F3N6O6S. The lowest BCUT2D eigenvalue weighted by Crippen LogP contribution is -2.39. The summed E-state index contributed by atoms with van der Waals surface area (Å²) >= 11 is 0. The van der Waals surface area contributed by atoms with E-state index in [1.807, 2.05) is 21.1 Å². The number of aromatic nitrogens is 3. The first-order valence-corrected chi connectivity index (χ1v) is 15.6. The van der Waals surface area contributed by atoms with Gasteiger partial charge in [0.25, 0.3) is 0 Å². The molecule has 0 aliphatic carbocycles. The number of rotatable bonds is 6. The van der Waals surface area contributed by atoms with Gasteiger partial charge in [-0.15, -0.1) is 5.10 Å². The van der Waals surface area contributed by atoms with Gasteiger partial charge in [-0.1, -0.05) is 30.3 Å². The molecule has 1 unspecified atom stereocenters. The van der Waals surface area contributed by atoms with Crippen molar-refractivity contribution in [2.75, 3.05) is 33.2 Å². The molecule has 2 heterocycles. The van der Waals surface area contributed by atoms with Crippen molar-refractivity contribution in [3.63, 3.8) is 0 Å².